The molecule has 0 saturated carbocycles. The lowest BCUT2D eigenvalue weighted by molar-refractivity contribution is -0.277. The van der Waals surface area contributed by atoms with Gasteiger partial charge in [0.05, 0.1) is 13.2 Å². The molecule has 176 valence electrons. The van der Waals surface area contributed by atoms with Gasteiger partial charge in [0, 0.05) is 18.0 Å². The van der Waals surface area contributed by atoms with Gasteiger partial charge < -0.3 is 34.6 Å². The van der Waals surface area contributed by atoms with Gasteiger partial charge in [-0.3, -0.25) is 4.90 Å². The molecule has 0 aliphatic carbocycles. The van der Waals surface area contributed by atoms with Crippen molar-refractivity contribution in [1.82, 2.24) is 4.90 Å². The van der Waals surface area contributed by atoms with E-state index in [0.717, 1.165) is 25.1 Å². The smallest absolute Gasteiger partial charge is 0.330 e. The number of carbonyl (C=O) groups is 1. The Morgan fingerprint density at radius 1 is 1.09 bits per heavy atom. The van der Waals surface area contributed by atoms with Crippen molar-refractivity contribution in [3.8, 4) is 5.75 Å². The quantitative estimate of drug-likeness (QED) is 0.333. The third-order valence-corrected chi connectivity index (χ3v) is 6.58. The van der Waals surface area contributed by atoms with Gasteiger partial charge in [0.25, 0.3) is 0 Å². The second kappa shape index (κ2) is 10.3. The molecule has 0 aromatic heterocycles. The molecule has 0 bridgehead atoms. The van der Waals surface area contributed by atoms with E-state index in [1.54, 1.807) is 30.3 Å². The molecule has 3 saturated heterocycles. The molecule has 0 spiro atoms. The van der Waals surface area contributed by atoms with Crippen molar-refractivity contribution in [2.75, 3.05) is 26.3 Å². The summed E-state index contributed by atoms with van der Waals surface area (Å²) in [5.41, 5.74) is 0.755. The van der Waals surface area contributed by atoms with Crippen LogP contribution in [-0.4, -0.2) is 94.3 Å². The monoisotopic (exact) mass is 449 g/mol. The molecule has 32 heavy (non-hydrogen) atoms. The van der Waals surface area contributed by atoms with Gasteiger partial charge in [-0.15, -0.1) is 0 Å². The van der Waals surface area contributed by atoms with Gasteiger partial charge in [-0.2, -0.15) is 0 Å². The third-order valence-electron chi connectivity index (χ3n) is 6.58. The predicted molar refractivity (Wildman–Crippen MR) is 114 cm³/mol. The number of carbonyl (C=O) groups excluding carboxylic acids is 1. The van der Waals surface area contributed by atoms with Crippen molar-refractivity contribution < 1.29 is 39.4 Å². The highest BCUT2D eigenvalue weighted by atomic mass is 16.7. The van der Waals surface area contributed by atoms with Crippen molar-refractivity contribution in [3.05, 3.63) is 35.9 Å². The maximum absolute atomic E-state index is 12.1. The lowest BCUT2D eigenvalue weighted by atomic mass is 9.99. The van der Waals surface area contributed by atoms with E-state index < -0.39 is 37.3 Å². The summed E-state index contributed by atoms with van der Waals surface area (Å²) < 4.78 is 16.3. The molecule has 4 rings (SSSR count). The number of rotatable bonds is 7. The van der Waals surface area contributed by atoms with Crippen LogP contribution in [0.1, 0.15) is 24.8 Å². The molecule has 7 atom stereocenters. The lowest BCUT2D eigenvalue weighted by Crippen LogP contribution is -2.60. The van der Waals surface area contributed by atoms with E-state index >= 15 is 0 Å². The number of aliphatic hydroxyl groups excluding tert-OH is 4. The number of nitrogens with zero attached hydrogens (tertiary/aromatic N) is 1. The van der Waals surface area contributed by atoms with Gasteiger partial charge in [-0.25, -0.2) is 4.79 Å². The Morgan fingerprint density at radius 3 is 2.62 bits per heavy atom. The van der Waals surface area contributed by atoms with Crippen LogP contribution in [0.25, 0.3) is 6.08 Å². The Kier molecular flexibility index (Phi) is 7.44. The van der Waals surface area contributed by atoms with E-state index in [1.807, 2.05) is 0 Å². The average Bonchev–Trinajstić information content (AvgIpc) is 3.42. The number of aliphatic hydroxyl groups is 4. The molecule has 9 nitrogen and oxygen atoms in total. The van der Waals surface area contributed by atoms with Gasteiger partial charge in [0.2, 0.25) is 6.29 Å². The van der Waals surface area contributed by atoms with Crippen LogP contribution in [0.15, 0.2) is 30.3 Å². The molecule has 0 amide bonds. The zero-order chi connectivity index (χ0) is 22.7. The van der Waals surface area contributed by atoms with Crippen molar-refractivity contribution in [2.24, 2.45) is 5.92 Å². The van der Waals surface area contributed by atoms with E-state index in [0.29, 0.717) is 24.3 Å². The normalized spacial score (nSPS) is 35.2. The molecule has 4 N–H and O–H groups in total. The molecular formula is C23H31NO8. The Balaban J connectivity index is 1.26. The summed E-state index contributed by atoms with van der Waals surface area (Å²) in [4.78, 5) is 14.6. The zero-order valence-electron chi connectivity index (χ0n) is 17.8. The fourth-order valence-electron chi connectivity index (χ4n) is 4.74. The van der Waals surface area contributed by atoms with Gasteiger partial charge in [-0.1, -0.05) is 12.1 Å². The standard InChI is InChI=1S/C23H31NO8/c25-12-18-20(27)21(28)22(29)23(32-18)31-16-6-3-14(4-7-16)5-8-19(26)30-13-15-9-11-24-10-1-2-17(15)24/h3-8,15,17-18,20-23,25,27-29H,1-2,9-13H2/b8-5+/t15-,17+,18-,20-,21+,22-,23-/m1/s1. The maximum Gasteiger partial charge on any atom is 0.330 e. The summed E-state index contributed by atoms with van der Waals surface area (Å²) in [5, 5.41) is 39.0. The molecule has 1 aromatic rings. The Labute approximate surface area is 186 Å². The van der Waals surface area contributed by atoms with Crippen molar-refractivity contribution in [3.63, 3.8) is 0 Å². The molecule has 3 heterocycles. The SMILES string of the molecule is O=C(/C=C/c1ccc(O[C@@H]2O[C@H](CO)[C@@H](O)[C@H](O)[C@H]2O)cc1)OC[C@H]1CCN2CCC[C@@H]12. The highest BCUT2D eigenvalue weighted by Gasteiger charge is 2.44. The fraction of sp³-hybridized carbons (Fsp3) is 0.609. The topological polar surface area (TPSA) is 129 Å². The number of hydrogen-bond donors (Lipinski definition) is 4. The first-order chi connectivity index (χ1) is 15.5. The molecule has 0 unspecified atom stereocenters. The minimum atomic E-state index is -1.50. The van der Waals surface area contributed by atoms with Crippen molar-refractivity contribution in [2.45, 2.75) is 56.0 Å². The van der Waals surface area contributed by atoms with E-state index in [-0.39, 0.29) is 5.97 Å². The number of ether oxygens (including phenoxy) is 3. The minimum Gasteiger partial charge on any atom is -0.462 e. The van der Waals surface area contributed by atoms with Gasteiger partial charge in [0.15, 0.2) is 0 Å². The highest BCUT2D eigenvalue weighted by Crippen LogP contribution is 2.32. The molecule has 3 fully saturated rings. The summed E-state index contributed by atoms with van der Waals surface area (Å²) >= 11 is 0. The summed E-state index contributed by atoms with van der Waals surface area (Å²) in [6.07, 6.45) is -0.143. The third kappa shape index (κ3) is 5.14. The van der Waals surface area contributed by atoms with E-state index in [1.165, 1.54) is 18.9 Å². The first-order valence-corrected chi connectivity index (χ1v) is 11.1. The molecule has 0 radical (unpaired) electrons. The highest BCUT2D eigenvalue weighted by molar-refractivity contribution is 5.87. The first-order valence-electron chi connectivity index (χ1n) is 11.1. The number of benzene rings is 1. The summed E-state index contributed by atoms with van der Waals surface area (Å²) in [5.74, 6) is 0.410. The first kappa shape index (κ1) is 23.2. The Hall–Kier alpha value is -2.01. The van der Waals surface area contributed by atoms with Crippen LogP contribution < -0.4 is 4.74 Å². The van der Waals surface area contributed by atoms with E-state index in [2.05, 4.69) is 4.90 Å². The summed E-state index contributed by atoms with van der Waals surface area (Å²) in [7, 11) is 0. The average molecular weight is 450 g/mol. The van der Waals surface area contributed by atoms with Crippen LogP contribution in [-0.2, 0) is 14.3 Å². The van der Waals surface area contributed by atoms with Crippen molar-refractivity contribution in [1.29, 1.82) is 0 Å². The number of fused-ring (bicyclic) bond motifs is 1. The molecular weight excluding hydrogens is 418 g/mol. The molecule has 3 aliphatic rings. The largest absolute Gasteiger partial charge is 0.462 e. The predicted octanol–water partition coefficient (Wildman–Crippen LogP) is -0.0940. The van der Waals surface area contributed by atoms with Gasteiger partial charge in [0.1, 0.15) is 30.2 Å². The Bertz CT molecular complexity index is 798. The van der Waals surface area contributed by atoms with Crippen LogP contribution in [0.2, 0.25) is 0 Å². The van der Waals surface area contributed by atoms with Gasteiger partial charge >= 0.3 is 5.97 Å². The molecule has 3 aliphatic heterocycles. The second-order valence-corrected chi connectivity index (χ2v) is 8.64. The van der Waals surface area contributed by atoms with E-state index in [9.17, 15) is 25.2 Å². The van der Waals surface area contributed by atoms with Crippen LogP contribution >= 0.6 is 0 Å². The van der Waals surface area contributed by atoms with Crippen molar-refractivity contribution >= 4 is 12.0 Å². The number of hydrogen-bond acceptors (Lipinski definition) is 9. The van der Waals surface area contributed by atoms with E-state index in [4.69, 9.17) is 14.2 Å². The summed E-state index contributed by atoms with van der Waals surface area (Å²) in [6.45, 7) is 2.19. The number of esters is 1. The zero-order valence-corrected chi connectivity index (χ0v) is 17.8. The van der Waals surface area contributed by atoms with Gasteiger partial charge in [-0.05, 0) is 56.1 Å². The minimum absolute atomic E-state index is 0.358. The fourth-order valence-corrected chi connectivity index (χ4v) is 4.74. The van der Waals surface area contributed by atoms with Crippen LogP contribution in [0, 0.1) is 5.92 Å². The molecule has 9 heteroatoms. The second-order valence-electron chi connectivity index (χ2n) is 8.64. The molecule has 1 aromatic carbocycles. The van der Waals surface area contributed by atoms with Crippen LogP contribution in [0.4, 0.5) is 0 Å². The summed E-state index contributed by atoms with van der Waals surface area (Å²) in [6, 6.07) is 7.25. The van der Waals surface area contributed by atoms with Crippen LogP contribution in [0.3, 0.4) is 0 Å². The van der Waals surface area contributed by atoms with Crippen LogP contribution in [0.5, 0.6) is 5.75 Å². The maximum atomic E-state index is 12.1. The Morgan fingerprint density at radius 2 is 1.88 bits per heavy atom. The lowest BCUT2D eigenvalue weighted by Gasteiger charge is -2.39.